The summed E-state index contributed by atoms with van der Waals surface area (Å²) in [5.41, 5.74) is 14.1. The molecule has 7 rings (SSSR count). The molecule has 0 spiro atoms. The van der Waals surface area contributed by atoms with Gasteiger partial charge < -0.3 is 9.88 Å². The summed E-state index contributed by atoms with van der Waals surface area (Å²) in [6.07, 6.45) is 0. The minimum absolute atomic E-state index is 0.602. The van der Waals surface area contributed by atoms with Crippen LogP contribution in [0.25, 0.3) is 49.7 Å². The van der Waals surface area contributed by atoms with Gasteiger partial charge in [-0.3, -0.25) is 11.3 Å². The van der Waals surface area contributed by atoms with Gasteiger partial charge in [0.05, 0.1) is 11.0 Å². The summed E-state index contributed by atoms with van der Waals surface area (Å²) < 4.78 is 2.35. The SMILES string of the molecule is NNCc1cccc(Nc2cc3c(cc2-c2ccc(-c4ccccc4)cc2)c2ccccc2n3-c2ccccc2)c1. The summed E-state index contributed by atoms with van der Waals surface area (Å²) in [5, 5.41) is 6.20. The van der Waals surface area contributed by atoms with Crippen LogP contribution in [-0.4, -0.2) is 4.57 Å². The van der Waals surface area contributed by atoms with Crippen LogP contribution in [0.3, 0.4) is 0 Å². The Morgan fingerprint density at radius 2 is 1.22 bits per heavy atom. The molecule has 6 aromatic carbocycles. The Hall–Kier alpha value is -5.16. The topological polar surface area (TPSA) is 55.0 Å². The second kappa shape index (κ2) is 10.8. The highest BCUT2D eigenvalue weighted by Crippen LogP contribution is 2.40. The fourth-order valence-electron chi connectivity index (χ4n) is 5.72. The lowest BCUT2D eigenvalue weighted by Crippen LogP contribution is -2.20. The number of nitrogens with two attached hydrogens (primary N) is 1. The molecule has 0 bridgehead atoms. The van der Waals surface area contributed by atoms with Gasteiger partial charge in [0.25, 0.3) is 0 Å². The molecule has 0 atom stereocenters. The fourth-order valence-corrected chi connectivity index (χ4v) is 5.72. The number of hydrogen-bond acceptors (Lipinski definition) is 3. The Morgan fingerprint density at radius 3 is 2.00 bits per heavy atom. The highest BCUT2D eigenvalue weighted by molar-refractivity contribution is 6.12. The largest absolute Gasteiger partial charge is 0.355 e. The van der Waals surface area contributed by atoms with Crippen molar-refractivity contribution in [3.8, 4) is 27.9 Å². The molecule has 0 radical (unpaired) electrons. The lowest BCUT2D eigenvalue weighted by molar-refractivity contribution is 0.741. The monoisotopic (exact) mass is 530 g/mol. The van der Waals surface area contributed by atoms with Gasteiger partial charge in [-0.2, -0.15) is 0 Å². The van der Waals surface area contributed by atoms with Gasteiger partial charge in [0, 0.05) is 39.9 Å². The molecule has 0 aliphatic carbocycles. The van der Waals surface area contributed by atoms with Crippen LogP contribution in [0.5, 0.6) is 0 Å². The van der Waals surface area contributed by atoms with E-state index < -0.39 is 0 Å². The van der Waals surface area contributed by atoms with Gasteiger partial charge in [0.2, 0.25) is 0 Å². The van der Waals surface area contributed by atoms with Gasteiger partial charge >= 0.3 is 0 Å². The first kappa shape index (κ1) is 24.9. The first-order chi connectivity index (χ1) is 20.3. The van der Waals surface area contributed by atoms with Gasteiger partial charge in [-0.25, -0.2) is 0 Å². The first-order valence-corrected chi connectivity index (χ1v) is 13.9. The average molecular weight is 531 g/mol. The minimum Gasteiger partial charge on any atom is -0.355 e. The van der Waals surface area contributed by atoms with E-state index in [-0.39, 0.29) is 0 Å². The van der Waals surface area contributed by atoms with E-state index in [1.807, 2.05) is 0 Å². The molecule has 0 aliphatic rings. The lowest BCUT2D eigenvalue weighted by atomic mass is 9.97. The molecule has 0 aliphatic heterocycles. The summed E-state index contributed by atoms with van der Waals surface area (Å²) in [7, 11) is 0. The highest BCUT2D eigenvalue weighted by Gasteiger charge is 2.17. The van der Waals surface area contributed by atoms with Crippen LogP contribution in [0.1, 0.15) is 5.56 Å². The van der Waals surface area contributed by atoms with E-state index in [9.17, 15) is 0 Å². The van der Waals surface area contributed by atoms with Crippen LogP contribution in [-0.2, 0) is 6.54 Å². The number of rotatable bonds is 7. The molecular formula is C37H30N4. The van der Waals surface area contributed by atoms with E-state index >= 15 is 0 Å². The number of anilines is 2. The van der Waals surface area contributed by atoms with Crippen molar-refractivity contribution in [2.24, 2.45) is 5.84 Å². The van der Waals surface area contributed by atoms with E-state index in [4.69, 9.17) is 5.84 Å². The number of nitrogens with zero attached hydrogens (tertiary/aromatic N) is 1. The zero-order valence-electron chi connectivity index (χ0n) is 22.6. The molecule has 0 saturated carbocycles. The predicted octanol–water partition coefficient (Wildman–Crippen LogP) is 8.82. The van der Waals surface area contributed by atoms with Gasteiger partial charge in [-0.15, -0.1) is 0 Å². The van der Waals surface area contributed by atoms with E-state index in [1.54, 1.807) is 0 Å². The Labute approximate surface area is 239 Å². The third-order valence-electron chi connectivity index (χ3n) is 7.64. The number of hydrazine groups is 1. The van der Waals surface area contributed by atoms with Crippen LogP contribution in [0.4, 0.5) is 11.4 Å². The van der Waals surface area contributed by atoms with Crippen LogP contribution in [0.2, 0.25) is 0 Å². The third kappa shape index (κ3) is 4.76. The smallest absolute Gasteiger partial charge is 0.0562 e. The van der Waals surface area contributed by atoms with Gasteiger partial charge in [-0.1, -0.05) is 103 Å². The molecule has 4 heteroatoms. The first-order valence-electron chi connectivity index (χ1n) is 13.9. The second-order valence-electron chi connectivity index (χ2n) is 10.3. The molecule has 41 heavy (non-hydrogen) atoms. The number of para-hydroxylation sites is 2. The molecule has 198 valence electrons. The Morgan fingerprint density at radius 1 is 0.537 bits per heavy atom. The predicted molar refractivity (Wildman–Crippen MR) is 172 cm³/mol. The number of hydrogen-bond donors (Lipinski definition) is 3. The number of aromatic nitrogens is 1. The minimum atomic E-state index is 0.602. The summed E-state index contributed by atoms with van der Waals surface area (Å²) in [4.78, 5) is 0. The van der Waals surface area contributed by atoms with Crippen molar-refractivity contribution in [3.63, 3.8) is 0 Å². The number of fused-ring (bicyclic) bond motifs is 3. The molecule has 0 fully saturated rings. The molecule has 1 heterocycles. The summed E-state index contributed by atoms with van der Waals surface area (Å²) in [6.45, 7) is 0.602. The van der Waals surface area contributed by atoms with Crippen LogP contribution in [0.15, 0.2) is 146 Å². The summed E-state index contributed by atoms with van der Waals surface area (Å²) in [5.74, 6) is 5.62. The van der Waals surface area contributed by atoms with Crippen molar-refractivity contribution in [3.05, 3.63) is 151 Å². The molecule has 7 aromatic rings. The van der Waals surface area contributed by atoms with E-state index in [0.29, 0.717) is 6.54 Å². The quantitative estimate of drug-likeness (QED) is 0.143. The van der Waals surface area contributed by atoms with Gasteiger partial charge in [-0.05, 0) is 64.7 Å². The zero-order chi connectivity index (χ0) is 27.6. The maximum absolute atomic E-state index is 5.62. The van der Waals surface area contributed by atoms with E-state index in [1.165, 1.54) is 27.4 Å². The standard InChI is InChI=1S/C37H30N4/c38-39-25-26-10-9-13-30(22-26)40-35-24-37-34(32-16-7-8-17-36(32)41(37)31-14-5-2-6-15-31)23-33(35)29-20-18-28(19-21-29)27-11-3-1-4-12-27/h1-24,39-40H,25,38H2. The molecule has 4 N–H and O–H groups in total. The molecule has 4 nitrogen and oxygen atoms in total. The van der Waals surface area contributed by atoms with Crippen LogP contribution in [0, 0.1) is 0 Å². The van der Waals surface area contributed by atoms with Crippen molar-refractivity contribution < 1.29 is 0 Å². The summed E-state index contributed by atoms with van der Waals surface area (Å²) >= 11 is 0. The van der Waals surface area contributed by atoms with Crippen LogP contribution >= 0.6 is 0 Å². The van der Waals surface area contributed by atoms with Gasteiger partial charge in [0.1, 0.15) is 0 Å². The third-order valence-corrected chi connectivity index (χ3v) is 7.64. The molecule has 1 aromatic heterocycles. The zero-order valence-corrected chi connectivity index (χ0v) is 22.6. The van der Waals surface area contributed by atoms with E-state index in [2.05, 4.69) is 161 Å². The molecule has 0 amide bonds. The Kier molecular flexibility index (Phi) is 6.53. The molecule has 0 saturated heterocycles. The van der Waals surface area contributed by atoms with Crippen LogP contribution < -0.4 is 16.6 Å². The molecule has 0 unspecified atom stereocenters. The fraction of sp³-hybridized carbons (Fsp3) is 0.0270. The van der Waals surface area contributed by atoms with Crippen molar-refractivity contribution >= 4 is 33.2 Å². The highest BCUT2D eigenvalue weighted by atomic mass is 15.2. The van der Waals surface area contributed by atoms with Gasteiger partial charge in [0.15, 0.2) is 0 Å². The van der Waals surface area contributed by atoms with E-state index in [0.717, 1.165) is 39.3 Å². The lowest BCUT2D eigenvalue weighted by Gasteiger charge is -2.16. The van der Waals surface area contributed by atoms with Crippen molar-refractivity contribution in [2.45, 2.75) is 6.54 Å². The average Bonchev–Trinajstić information content (AvgIpc) is 3.35. The maximum atomic E-state index is 5.62. The Balaban J connectivity index is 1.44. The maximum Gasteiger partial charge on any atom is 0.0562 e. The number of benzene rings is 6. The van der Waals surface area contributed by atoms with Crippen molar-refractivity contribution in [1.29, 1.82) is 0 Å². The normalized spacial score (nSPS) is 11.2. The van der Waals surface area contributed by atoms with Crippen molar-refractivity contribution in [1.82, 2.24) is 9.99 Å². The Bertz CT molecular complexity index is 1960. The number of nitrogens with one attached hydrogen (secondary N) is 2. The van der Waals surface area contributed by atoms with Crippen molar-refractivity contribution in [2.75, 3.05) is 5.32 Å². The summed E-state index contributed by atoms with van der Waals surface area (Å²) in [6, 6.07) is 51.6. The second-order valence-corrected chi connectivity index (χ2v) is 10.3. The molecular weight excluding hydrogens is 500 g/mol.